The van der Waals surface area contributed by atoms with E-state index in [1.165, 1.54) is 26.4 Å². The molecule has 1 aromatic heterocycles. The number of hydrogen-bond acceptors (Lipinski definition) is 10. The average Bonchev–Trinajstić information content (AvgIpc) is 3.02. The first-order valence-corrected chi connectivity index (χ1v) is 13.3. The van der Waals surface area contributed by atoms with Crippen molar-refractivity contribution in [2.45, 2.75) is 44.1 Å². The molecule has 10 heteroatoms. The topological polar surface area (TPSA) is 147 Å². The van der Waals surface area contributed by atoms with Crippen LogP contribution in [0, 0.1) is 22.7 Å². The van der Waals surface area contributed by atoms with Gasteiger partial charge in [-0.25, -0.2) is 14.8 Å². The van der Waals surface area contributed by atoms with Crippen LogP contribution in [0.25, 0.3) is 32.8 Å². The summed E-state index contributed by atoms with van der Waals surface area (Å²) in [7, 11) is 2.51. The summed E-state index contributed by atoms with van der Waals surface area (Å²) in [4.78, 5) is 36.6. The molecule has 0 amide bonds. The summed E-state index contributed by atoms with van der Waals surface area (Å²) >= 11 is 0. The molecule has 2 aliphatic rings. The smallest absolute Gasteiger partial charge is 0.340 e. The van der Waals surface area contributed by atoms with Crippen LogP contribution in [-0.4, -0.2) is 42.2 Å². The van der Waals surface area contributed by atoms with Crippen molar-refractivity contribution >= 4 is 44.8 Å². The van der Waals surface area contributed by atoms with Gasteiger partial charge in [0, 0.05) is 22.4 Å². The molecule has 2 heterocycles. The Hall–Kier alpha value is -5.22. The summed E-state index contributed by atoms with van der Waals surface area (Å²) < 4.78 is 16.9. The highest BCUT2D eigenvalue weighted by Crippen LogP contribution is 2.48. The molecule has 1 saturated carbocycles. The quantitative estimate of drug-likeness (QED) is 0.218. The zero-order valence-corrected chi connectivity index (χ0v) is 22.5. The molecule has 0 radical (unpaired) electrons. The van der Waals surface area contributed by atoms with Gasteiger partial charge in [-0.2, -0.15) is 10.5 Å². The van der Waals surface area contributed by atoms with Gasteiger partial charge in [0.05, 0.1) is 47.4 Å². The van der Waals surface area contributed by atoms with E-state index in [0.29, 0.717) is 44.2 Å². The largest absolute Gasteiger partial charge is 0.468 e. The predicted molar refractivity (Wildman–Crippen MR) is 148 cm³/mol. The van der Waals surface area contributed by atoms with Crippen molar-refractivity contribution in [3.63, 3.8) is 0 Å². The highest BCUT2D eigenvalue weighted by Gasteiger charge is 2.43. The normalized spacial score (nSPS) is 16.9. The number of esters is 2. The molecule has 1 unspecified atom stereocenters. The molecule has 0 saturated heterocycles. The van der Waals surface area contributed by atoms with Gasteiger partial charge in [0.25, 0.3) is 0 Å². The molecule has 3 aromatic carbocycles. The van der Waals surface area contributed by atoms with Crippen LogP contribution in [0.2, 0.25) is 0 Å². The fraction of sp³-hybridized carbons (Fsp3) is 0.290. The lowest BCUT2D eigenvalue weighted by Crippen LogP contribution is -2.38. The maximum Gasteiger partial charge on any atom is 0.340 e. The first-order chi connectivity index (χ1) is 20.0. The van der Waals surface area contributed by atoms with Crippen molar-refractivity contribution < 1.29 is 23.8 Å². The van der Waals surface area contributed by atoms with Gasteiger partial charge in [-0.15, -0.1) is 0 Å². The molecular weight excluding hydrogens is 522 g/mol. The Morgan fingerprint density at radius 3 is 2.17 bits per heavy atom. The standard InChI is InChI=1S/C31H25N5O5/c1-39-30(37)23-24-27-26(35-21-12-16(14-32)17(15-33)13-22(21)36-27)19-10-6-7-11-20(19)28(24)41-29(25(23)31(38)40-2)34-18-8-4-3-5-9-18/h6-7,10-13,18,23,34H,3-5,8-9H2,1-2H3. The Bertz CT molecular complexity index is 1880. The number of nitriles is 2. The number of carbonyl (C=O) groups excluding carboxylic acids is 2. The molecule has 204 valence electrons. The maximum atomic E-state index is 13.6. The van der Waals surface area contributed by atoms with Gasteiger partial charge in [0.2, 0.25) is 5.88 Å². The van der Waals surface area contributed by atoms with E-state index in [9.17, 15) is 20.1 Å². The van der Waals surface area contributed by atoms with Crippen LogP contribution in [0.15, 0.2) is 47.9 Å². The molecule has 1 aliphatic heterocycles. The second-order valence-corrected chi connectivity index (χ2v) is 10.1. The van der Waals surface area contributed by atoms with Crippen molar-refractivity contribution in [1.29, 1.82) is 10.5 Å². The third kappa shape index (κ3) is 4.25. The highest BCUT2D eigenvalue weighted by atomic mass is 16.5. The van der Waals surface area contributed by atoms with E-state index in [1.54, 1.807) is 0 Å². The van der Waals surface area contributed by atoms with Gasteiger partial charge in [-0.05, 0) is 25.0 Å². The van der Waals surface area contributed by atoms with Crippen LogP contribution in [0.4, 0.5) is 0 Å². The van der Waals surface area contributed by atoms with E-state index >= 15 is 0 Å². The number of carbonyl (C=O) groups is 2. The fourth-order valence-corrected chi connectivity index (χ4v) is 5.83. The molecule has 1 aliphatic carbocycles. The second-order valence-electron chi connectivity index (χ2n) is 10.1. The summed E-state index contributed by atoms with van der Waals surface area (Å²) in [6, 6.07) is 14.6. The predicted octanol–water partition coefficient (Wildman–Crippen LogP) is 4.64. The van der Waals surface area contributed by atoms with E-state index in [2.05, 4.69) is 5.32 Å². The van der Waals surface area contributed by atoms with Crippen molar-refractivity contribution in [3.8, 4) is 17.9 Å². The minimum atomic E-state index is -1.23. The number of fused-ring (bicyclic) bond motifs is 7. The van der Waals surface area contributed by atoms with E-state index in [1.807, 2.05) is 36.4 Å². The number of methoxy groups -OCH3 is 2. The average molecular weight is 548 g/mol. The summed E-state index contributed by atoms with van der Waals surface area (Å²) in [5.74, 6) is -2.12. The van der Waals surface area contributed by atoms with Gasteiger partial charge < -0.3 is 19.5 Å². The Balaban J connectivity index is 1.70. The van der Waals surface area contributed by atoms with Crippen molar-refractivity contribution in [3.05, 3.63) is 64.5 Å². The number of rotatable bonds is 4. The molecule has 1 fully saturated rings. The first-order valence-electron chi connectivity index (χ1n) is 13.3. The molecule has 6 rings (SSSR count). The zero-order valence-electron chi connectivity index (χ0n) is 22.5. The van der Waals surface area contributed by atoms with Gasteiger partial charge in [-0.3, -0.25) is 4.79 Å². The first kappa shape index (κ1) is 26.0. The van der Waals surface area contributed by atoms with Crippen molar-refractivity contribution in [2.24, 2.45) is 0 Å². The molecule has 0 spiro atoms. The summed E-state index contributed by atoms with van der Waals surface area (Å²) in [6.45, 7) is 0. The van der Waals surface area contributed by atoms with E-state index in [-0.39, 0.29) is 28.6 Å². The summed E-state index contributed by atoms with van der Waals surface area (Å²) in [6.07, 6.45) is 5.04. The Morgan fingerprint density at radius 1 is 0.927 bits per heavy atom. The third-order valence-electron chi connectivity index (χ3n) is 7.78. The van der Waals surface area contributed by atoms with E-state index in [0.717, 1.165) is 32.1 Å². The second kappa shape index (κ2) is 10.4. The summed E-state index contributed by atoms with van der Waals surface area (Å²) in [5.41, 5.74) is 2.17. The van der Waals surface area contributed by atoms with Crippen LogP contribution < -0.4 is 10.1 Å². The van der Waals surface area contributed by atoms with Gasteiger partial charge in [0.15, 0.2) is 0 Å². The third-order valence-corrected chi connectivity index (χ3v) is 7.78. The van der Waals surface area contributed by atoms with E-state index < -0.39 is 17.9 Å². The van der Waals surface area contributed by atoms with Crippen LogP contribution >= 0.6 is 0 Å². The molecule has 41 heavy (non-hydrogen) atoms. The minimum Gasteiger partial charge on any atom is -0.468 e. The molecule has 4 aromatic rings. The van der Waals surface area contributed by atoms with Crippen LogP contribution in [0.3, 0.4) is 0 Å². The van der Waals surface area contributed by atoms with Crippen LogP contribution in [0.5, 0.6) is 5.75 Å². The minimum absolute atomic E-state index is 0.00607. The van der Waals surface area contributed by atoms with Crippen molar-refractivity contribution in [1.82, 2.24) is 15.3 Å². The van der Waals surface area contributed by atoms with Crippen LogP contribution in [0.1, 0.15) is 54.7 Å². The number of benzene rings is 3. The number of ether oxygens (including phenoxy) is 3. The SMILES string of the molecule is COC(=O)C1=C(NC2CCCCC2)Oc2c(c3nc4cc(C#N)c(C#N)cc4nc3c3ccccc23)C1C(=O)OC. The zero-order chi connectivity index (χ0) is 28.7. The fourth-order valence-electron chi connectivity index (χ4n) is 5.83. The Kier molecular flexibility index (Phi) is 6.60. The van der Waals surface area contributed by atoms with Crippen LogP contribution in [-0.2, 0) is 19.1 Å². The van der Waals surface area contributed by atoms with Gasteiger partial charge in [0.1, 0.15) is 29.4 Å². The molecule has 10 nitrogen and oxygen atoms in total. The lowest BCUT2D eigenvalue weighted by atomic mass is 9.85. The maximum absolute atomic E-state index is 13.6. The molecule has 1 atom stereocenters. The summed E-state index contributed by atoms with van der Waals surface area (Å²) in [5, 5.41) is 23.9. The lowest BCUT2D eigenvalue weighted by molar-refractivity contribution is -0.145. The van der Waals surface area contributed by atoms with Gasteiger partial charge in [-0.1, -0.05) is 43.5 Å². The number of nitrogens with zero attached hydrogens (tertiary/aromatic N) is 4. The van der Waals surface area contributed by atoms with E-state index in [4.69, 9.17) is 24.2 Å². The Labute approximate surface area is 235 Å². The van der Waals surface area contributed by atoms with Gasteiger partial charge >= 0.3 is 11.9 Å². The monoisotopic (exact) mass is 547 g/mol. The number of hydrogen-bond donors (Lipinski definition) is 1. The Morgan fingerprint density at radius 2 is 1.56 bits per heavy atom. The number of aromatic nitrogens is 2. The van der Waals surface area contributed by atoms with Crippen molar-refractivity contribution in [2.75, 3.05) is 14.2 Å². The molecule has 0 bridgehead atoms. The molecule has 1 N–H and O–H groups in total. The molecular formula is C31H25N5O5. The lowest BCUT2D eigenvalue weighted by Gasteiger charge is -2.32. The number of nitrogens with one attached hydrogen (secondary N) is 1. The highest BCUT2D eigenvalue weighted by molar-refractivity contribution is 6.14.